The lowest BCUT2D eigenvalue weighted by Crippen LogP contribution is -2.15. The minimum Gasteiger partial charge on any atom is -0.374 e. The average Bonchev–Trinajstić information content (AvgIpc) is 2.87. The second-order valence-electron chi connectivity index (χ2n) is 3.64. The van der Waals surface area contributed by atoms with Crippen molar-refractivity contribution in [1.29, 1.82) is 0 Å². The van der Waals surface area contributed by atoms with Gasteiger partial charge in [-0.05, 0) is 22.6 Å². The number of anilines is 1. The average molecular weight is 269 g/mol. The lowest BCUT2D eigenvalue weighted by molar-refractivity contribution is 0.0214. The Labute approximate surface area is 108 Å². The van der Waals surface area contributed by atoms with Crippen molar-refractivity contribution in [2.75, 3.05) is 25.1 Å². The van der Waals surface area contributed by atoms with Crippen molar-refractivity contribution in [2.24, 2.45) is 0 Å². The zero-order valence-corrected chi connectivity index (χ0v) is 10.0. The SMILES string of the molecule is FC(F)COCCNc1nnnn1-c1ccccc1. The lowest BCUT2D eigenvalue weighted by atomic mass is 10.3. The number of nitrogens with zero attached hydrogens (tertiary/aromatic N) is 4. The van der Waals surface area contributed by atoms with Gasteiger partial charge in [-0.15, -0.1) is 0 Å². The van der Waals surface area contributed by atoms with Crippen molar-refractivity contribution in [3.63, 3.8) is 0 Å². The van der Waals surface area contributed by atoms with Gasteiger partial charge in [-0.3, -0.25) is 0 Å². The molecule has 0 aliphatic rings. The summed E-state index contributed by atoms with van der Waals surface area (Å²) in [6.45, 7) is -0.0583. The van der Waals surface area contributed by atoms with Crippen LogP contribution in [0.15, 0.2) is 30.3 Å². The number of nitrogens with one attached hydrogen (secondary N) is 1. The predicted octanol–water partition coefficient (Wildman–Crippen LogP) is 1.36. The summed E-state index contributed by atoms with van der Waals surface area (Å²) in [5.74, 6) is 0.437. The van der Waals surface area contributed by atoms with Gasteiger partial charge in [-0.25, -0.2) is 8.78 Å². The first kappa shape index (κ1) is 13.3. The van der Waals surface area contributed by atoms with Gasteiger partial charge in [0.05, 0.1) is 12.3 Å². The number of tetrazole rings is 1. The van der Waals surface area contributed by atoms with E-state index in [9.17, 15) is 8.78 Å². The lowest BCUT2D eigenvalue weighted by Gasteiger charge is -2.07. The third-order valence-electron chi connectivity index (χ3n) is 2.24. The van der Waals surface area contributed by atoms with E-state index in [0.717, 1.165) is 5.69 Å². The molecule has 0 unspecified atom stereocenters. The molecule has 0 fully saturated rings. The molecule has 0 atom stereocenters. The normalized spacial score (nSPS) is 10.9. The molecule has 1 heterocycles. The van der Waals surface area contributed by atoms with Gasteiger partial charge in [-0.2, -0.15) is 4.68 Å². The fourth-order valence-corrected chi connectivity index (χ4v) is 1.45. The van der Waals surface area contributed by atoms with Gasteiger partial charge >= 0.3 is 0 Å². The molecular formula is C11H13F2N5O. The number of benzene rings is 1. The molecule has 1 aromatic carbocycles. The van der Waals surface area contributed by atoms with Crippen LogP contribution in [0.1, 0.15) is 0 Å². The van der Waals surface area contributed by atoms with E-state index in [2.05, 4.69) is 20.8 Å². The summed E-state index contributed by atoms with van der Waals surface area (Å²) >= 11 is 0. The number of ether oxygens (including phenoxy) is 1. The Hall–Kier alpha value is -2.09. The summed E-state index contributed by atoms with van der Waals surface area (Å²) in [6.07, 6.45) is -2.45. The number of aromatic nitrogens is 4. The van der Waals surface area contributed by atoms with E-state index < -0.39 is 13.0 Å². The van der Waals surface area contributed by atoms with E-state index in [0.29, 0.717) is 12.5 Å². The third kappa shape index (κ3) is 3.95. The van der Waals surface area contributed by atoms with Crippen molar-refractivity contribution in [2.45, 2.75) is 6.43 Å². The Balaban J connectivity index is 1.87. The van der Waals surface area contributed by atoms with Gasteiger partial charge < -0.3 is 10.1 Å². The van der Waals surface area contributed by atoms with Gasteiger partial charge in [0.1, 0.15) is 6.61 Å². The molecule has 0 amide bonds. The maximum atomic E-state index is 11.8. The first-order valence-electron chi connectivity index (χ1n) is 5.71. The predicted molar refractivity (Wildman–Crippen MR) is 64.5 cm³/mol. The second kappa shape index (κ2) is 6.74. The third-order valence-corrected chi connectivity index (χ3v) is 2.24. The number of halogens is 2. The van der Waals surface area contributed by atoms with E-state index >= 15 is 0 Å². The van der Waals surface area contributed by atoms with Gasteiger partial charge in [-0.1, -0.05) is 23.3 Å². The Morgan fingerprint density at radius 2 is 2.05 bits per heavy atom. The minimum absolute atomic E-state index is 0.159. The number of hydrogen-bond donors (Lipinski definition) is 1. The molecule has 0 spiro atoms. The highest BCUT2D eigenvalue weighted by Gasteiger charge is 2.07. The summed E-state index contributed by atoms with van der Waals surface area (Å²) in [7, 11) is 0. The Kier molecular flexibility index (Phi) is 4.73. The Morgan fingerprint density at radius 1 is 1.26 bits per heavy atom. The first-order valence-corrected chi connectivity index (χ1v) is 5.71. The zero-order valence-electron chi connectivity index (χ0n) is 10.0. The molecule has 0 radical (unpaired) electrons. The zero-order chi connectivity index (χ0) is 13.5. The van der Waals surface area contributed by atoms with Crippen LogP contribution in [0.5, 0.6) is 0 Å². The fraction of sp³-hybridized carbons (Fsp3) is 0.364. The van der Waals surface area contributed by atoms with Crippen LogP contribution in [0.4, 0.5) is 14.7 Å². The standard InChI is InChI=1S/C11H13F2N5O/c12-10(13)8-19-7-6-14-11-15-16-17-18(11)9-4-2-1-3-5-9/h1-5,10H,6-8H2,(H,14,15,17). The van der Waals surface area contributed by atoms with Crippen LogP contribution in [-0.4, -0.2) is 46.4 Å². The number of para-hydroxylation sites is 1. The van der Waals surface area contributed by atoms with Crippen LogP contribution in [0.2, 0.25) is 0 Å². The summed E-state index contributed by atoms with van der Waals surface area (Å²) in [5, 5.41) is 14.1. The Bertz CT molecular complexity index is 491. The maximum absolute atomic E-state index is 11.8. The molecule has 0 aliphatic heterocycles. The molecule has 1 aromatic heterocycles. The van der Waals surface area contributed by atoms with Crippen molar-refractivity contribution >= 4 is 5.95 Å². The van der Waals surface area contributed by atoms with E-state index in [1.54, 1.807) is 0 Å². The minimum atomic E-state index is -2.45. The maximum Gasteiger partial charge on any atom is 0.261 e. The van der Waals surface area contributed by atoms with Gasteiger partial charge in [0.25, 0.3) is 6.43 Å². The quantitative estimate of drug-likeness (QED) is 0.769. The van der Waals surface area contributed by atoms with Gasteiger partial charge in [0.15, 0.2) is 0 Å². The molecule has 2 rings (SSSR count). The molecule has 2 aromatic rings. The van der Waals surface area contributed by atoms with Crippen molar-refractivity contribution in [3.05, 3.63) is 30.3 Å². The highest BCUT2D eigenvalue weighted by Crippen LogP contribution is 2.09. The summed E-state index contributed by atoms with van der Waals surface area (Å²) in [6, 6.07) is 9.34. The molecule has 1 N–H and O–H groups in total. The van der Waals surface area contributed by atoms with Crippen LogP contribution in [0.3, 0.4) is 0 Å². The van der Waals surface area contributed by atoms with Crippen molar-refractivity contribution < 1.29 is 13.5 Å². The molecule has 102 valence electrons. The van der Waals surface area contributed by atoms with E-state index in [1.807, 2.05) is 30.3 Å². The highest BCUT2D eigenvalue weighted by molar-refractivity contribution is 5.38. The monoisotopic (exact) mass is 269 g/mol. The number of hydrogen-bond acceptors (Lipinski definition) is 5. The van der Waals surface area contributed by atoms with Crippen LogP contribution in [0.25, 0.3) is 5.69 Å². The van der Waals surface area contributed by atoms with Crippen LogP contribution in [-0.2, 0) is 4.74 Å². The van der Waals surface area contributed by atoms with Crippen molar-refractivity contribution in [3.8, 4) is 5.69 Å². The van der Waals surface area contributed by atoms with Gasteiger partial charge in [0, 0.05) is 6.54 Å². The van der Waals surface area contributed by atoms with Crippen LogP contribution >= 0.6 is 0 Å². The molecule has 8 heteroatoms. The molecule has 0 saturated carbocycles. The molecular weight excluding hydrogens is 256 g/mol. The topological polar surface area (TPSA) is 64.9 Å². The largest absolute Gasteiger partial charge is 0.374 e. The van der Waals surface area contributed by atoms with Gasteiger partial charge in [0.2, 0.25) is 5.95 Å². The molecule has 0 saturated heterocycles. The van der Waals surface area contributed by atoms with E-state index in [1.165, 1.54) is 4.68 Å². The fourth-order valence-electron chi connectivity index (χ4n) is 1.45. The smallest absolute Gasteiger partial charge is 0.261 e. The first-order chi connectivity index (χ1) is 9.27. The summed E-state index contributed by atoms with van der Waals surface area (Å²) < 4.78 is 29.9. The van der Waals surface area contributed by atoms with Crippen LogP contribution < -0.4 is 5.32 Å². The Morgan fingerprint density at radius 3 is 2.79 bits per heavy atom. The summed E-state index contributed by atoms with van der Waals surface area (Å²) in [4.78, 5) is 0. The van der Waals surface area contributed by atoms with Crippen LogP contribution in [0, 0.1) is 0 Å². The second-order valence-corrected chi connectivity index (χ2v) is 3.64. The highest BCUT2D eigenvalue weighted by atomic mass is 19.3. The molecule has 0 bridgehead atoms. The number of rotatable bonds is 7. The van der Waals surface area contributed by atoms with E-state index in [-0.39, 0.29) is 6.61 Å². The molecule has 0 aliphatic carbocycles. The van der Waals surface area contributed by atoms with E-state index in [4.69, 9.17) is 4.74 Å². The molecule has 6 nitrogen and oxygen atoms in total. The number of alkyl halides is 2. The van der Waals surface area contributed by atoms with Crippen molar-refractivity contribution in [1.82, 2.24) is 20.2 Å². The molecule has 19 heavy (non-hydrogen) atoms. The summed E-state index contributed by atoms with van der Waals surface area (Å²) in [5.41, 5.74) is 0.809.